The minimum atomic E-state index is -0.601. The summed E-state index contributed by atoms with van der Waals surface area (Å²) in [6.45, 7) is 4.11. The Morgan fingerprint density at radius 2 is 1.93 bits per heavy atom. The Hall–Kier alpha value is -1.10. The zero-order valence-corrected chi connectivity index (χ0v) is 8.75. The number of hydrogen-bond donors (Lipinski definition) is 3. The molecule has 0 aliphatic rings. The standard InChI is InChI=1S/C9H19N3O2/c1-6(5-10)3-4-8(13)12-7(2)9(11)14/h6-7H,3-5,10H2,1-2H3,(H2,11,14)(H,12,13). The van der Waals surface area contributed by atoms with Crippen LogP contribution >= 0.6 is 0 Å². The molecule has 0 bridgehead atoms. The van der Waals surface area contributed by atoms with Crippen molar-refractivity contribution in [2.45, 2.75) is 32.7 Å². The first-order valence-electron chi connectivity index (χ1n) is 4.76. The van der Waals surface area contributed by atoms with E-state index in [1.165, 1.54) is 0 Å². The number of nitrogens with one attached hydrogen (secondary N) is 1. The number of amides is 2. The maximum atomic E-state index is 11.2. The zero-order valence-electron chi connectivity index (χ0n) is 8.75. The molecule has 82 valence electrons. The van der Waals surface area contributed by atoms with Crippen molar-refractivity contribution in [2.24, 2.45) is 17.4 Å². The second-order valence-electron chi connectivity index (χ2n) is 3.57. The highest BCUT2D eigenvalue weighted by Gasteiger charge is 2.12. The smallest absolute Gasteiger partial charge is 0.239 e. The van der Waals surface area contributed by atoms with Gasteiger partial charge in [-0.15, -0.1) is 0 Å². The second kappa shape index (κ2) is 6.37. The van der Waals surface area contributed by atoms with E-state index in [-0.39, 0.29) is 5.91 Å². The van der Waals surface area contributed by atoms with Crippen LogP contribution in [0.3, 0.4) is 0 Å². The second-order valence-corrected chi connectivity index (χ2v) is 3.57. The van der Waals surface area contributed by atoms with E-state index in [1.54, 1.807) is 6.92 Å². The first kappa shape index (κ1) is 12.9. The maximum Gasteiger partial charge on any atom is 0.239 e. The SMILES string of the molecule is CC(CN)CCC(=O)NC(C)C(N)=O. The molecular formula is C9H19N3O2. The van der Waals surface area contributed by atoms with Crippen molar-refractivity contribution in [3.8, 4) is 0 Å². The van der Waals surface area contributed by atoms with Gasteiger partial charge in [-0.2, -0.15) is 0 Å². The van der Waals surface area contributed by atoms with Gasteiger partial charge in [-0.25, -0.2) is 0 Å². The van der Waals surface area contributed by atoms with Crippen LogP contribution in [0.1, 0.15) is 26.7 Å². The molecule has 2 atom stereocenters. The lowest BCUT2D eigenvalue weighted by atomic mass is 10.1. The molecule has 0 heterocycles. The van der Waals surface area contributed by atoms with Gasteiger partial charge in [0.15, 0.2) is 0 Å². The Bertz CT molecular complexity index is 206. The molecule has 2 unspecified atom stereocenters. The molecular weight excluding hydrogens is 182 g/mol. The molecule has 0 spiro atoms. The van der Waals surface area contributed by atoms with Gasteiger partial charge in [-0.3, -0.25) is 9.59 Å². The van der Waals surface area contributed by atoms with Crippen LogP contribution in [0.4, 0.5) is 0 Å². The minimum Gasteiger partial charge on any atom is -0.368 e. The van der Waals surface area contributed by atoms with Crippen LogP contribution in [0.2, 0.25) is 0 Å². The predicted molar refractivity (Wildman–Crippen MR) is 54.3 cm³/mol. The molecule has 0 aliphatic carbocycles. The van der Waals surface area contributed by atoms with Gasteiger partial charge in [-0.05, 0) is 25.8 Å². The molecule has 14 heavy (non-hydrogen) atoms. The van der Waals surface area contributed by atoms with E-state index >= 15 is 0 Å². The molecule has 0 aromatic rings. The Balaban J connectivity index is 3.71. The summed E-state index contributed by atoms with van der Waals surface area (Å²) in [5, 5.41) is 2.50. The van der Waals surface area contributed by atoms with Crippen molar-refractivity contribution in [2.75, 3.05) is 6.54 Å². The van der Waals surface area contributed by atoms with Gasteiger partial charge < -0.3 is 16.8 Å². The van der Waals surface area contributed by atoms with Gasteiger partial charge >= 0.3 is 0 Å². The van der Waals surface area contributed by atoms with Crippen LogP contribution in [0.25, 0.3) is 0 Å². The molecule has 2 amide bonds. The summed E-state index contributed by atoms with van der Waals surface area (Å²) in [6.07, 6.45) is 1.11. The van der Waals surface area contributed by atoms with Gasteiger partial charge in [0.2, 0.25) is 11.8 Å². The van der Waals surface area contributed by atoms with Gasteiger partial charge in [0.25, 0.3) is 0 Å². The Morgan fingerprint density at radius 3 is 2.36 bits per heavy atom. The molecule has 0 saturated heterocycles. The minimum absolute atomic E-state index is 0.156. The third-order valence-electron chi connectivity index (χ3n) is 2.07. The largest absolute Gasteiger partial charge is 0.368 e. The van der Waals surface area contributed by atoms with Crippen LogP contribution in [0.15, 0.2) is 0 Å². The highest BCUT2D eigenvalue weighted by atomic mass is 16.2. The summed E-state index contributed by atoms with van der Waals surface area (Å²) in [5.41, 5.74) is 10.4. The molecule has 5 N–H and O–H groups in total. The fourth-order valence-corrected chi connectivity index (χ4v) is 0.880. The van der Waals surface area contributed by atoms with Crippen LogP contribution in [0.5, 0.6) is 0 Å². The van der Waals surface area contributed by atoms with Crippen molar-refractivity contribution in [3.05, 3.63) is 0 Å². The molecule has 5 nitrogen and oxygen atoms in total. The molecule has 0 saturated carbocycles. The molecule has 0 radical (unpaired) electrons. The third-order valence-corrected chi connectivity index (χ3v) is 2.07. The van der Waals surface area contributed by atoms with Crippen molar-refractivity contribution < 1.29 is 9.59 Å². The number of carbonyl (C=O) groups excluding carboxylic acids is 2. The van der Waals surface area contributed by atoms with Gasteiger partial charge in [-0.1, -0.05) is 6.92 Å². The first-order chi connectivity index (χ1) is 6.47. The van der Waals surface area contributed by atoms with Crippen LogP contribution in [0, 0.1) is 5.92 Å². The highest BCUT2D eigenvalue weighted by Crippen LogP contribution is 2.02. The number of hydrogen-bond acceptors (Lipinski definition) is 3. The molecule has 0 aromatic heterocycles. The lowest BCUT2D eigenvalue weighted by Crippen LogP contribution is -2.42. The topological polar surface area (TPSA) is 98.2 Å². The summed E-state index contributed by atoms with van der Waals surface area (Å²) in [6, 6.07) is -0.601. The highest BCUT2D eigenvalue weighted by molar-refractivity contribution is 5.86. The van der Waals surface area contributed by atoms with E-state index < -0.39 is 11.9 Å². The average molecular weight is 201 g/mol. The fourth-order valence-electron chi connectivity index (χ4n) is 0.880. The summed E-state index contributed by atoms with van der Waals surface area (Å²) in [4.78, 5) is 21.8. The fraction of sp³-hybridized carbons (Fsp3) is 0.778. The average Bonchev–Trinajstić information content (AvgIpc) is 2.13. The monoisotopic (exact) mass is 201 g/mol. The van der Waals surface area contributed by atoms with Gasteiger partial charge in [0.05, 0.1) is 0 Å². The van der Waals surface area contributed by atoms with Gasteiger partial charge in [0, 0.05) is 6.42 Å². The van der Waals surface area contributed by atoms with Gasteiger partial charge in [0.1, 0.15) is 6.04 Å². The lowest BCUT2D eigenvalue weighted by molar-refractivity contribution is -0.127. The van der Waals surface area contributed by atoms with Crippen LogP contribution in [-0.2, 0) is 9.59 Å². The number of carbonyl (C=O) groups is 2. The molecule has 0 rings (SSSR count). The van der Waals surface area contributed by atoms with Crippen molar-refractivity contribution in [3.63, 3.8) is 0 Å². The van der Waals surface area contributed by atoms with E-state index in [0.717, 1.165) is 6.42 Å². The van der Waals surface area contributed by atoms with E-state index in [2.05, 4.69) is 5.32 Å². The van der Waals surface area contributed by atoms with E-state index in [9.17, 15) is 9.59 Å². The lowest BCUT2D eigenvalue weighted by Gasteiger charge is -2.11. The molecule has 5 heteroatoms. The summed E-state index contributed by atoms with van der Waals surface area (Å²) < 4.78 is 0. The quantitative estimate of drug-likeness (QED) is 0.532. The Kier molecular flexibility index (Phi) is 5.87. The summed E-state index contributed by atoms with van der Waals surface area (Å²) in [5.74, 6) is -0.355. The Labute approximate surface area is 84.2 Å². The normalized spacial score (nSPS) is 14.5. The van der Waals surface area contributed by atoms with Crippen molar-refractivity contribution in [1.82, 2.24) is 5.32 Å². The predicted octanol–water partition coefficient (Wildman–Crippen LogP) is -0.649. The van der Waals surface area contributed by atoms with E-state index in [1.807, 2.05) is 6.92 Å². The van der Waals surface area contributed by atoms with E-state index in [4.69, 9.17) is 11.5 Å². The number of rotatable bonds is 6. The molecule has 0 aliphatic heterocycles. The number of nitrogens with two attached hydrogens (primary N) is 2. The molecule has 0 aromatic carbocycles. The zero-order chi connectivity index (χ0) is 11.1. The van der Waals surface area contributed by atoms with Crippen molar-refractivity contribution in [1.29, 1.82) is 0 Å². The van der Waals surface area contributed by atoms with Crippen LogP contribution < -0.4 is 16.8 Å². The molecule has 0 fully saturated rings. The van der Waals surface area contributed by atoms with E-state index in [0.29, 0.717) is 18.9 Å². The summed E-state index contributed by atoms with van der Waals surface area (Å²) in [7, 11) is 0. The Morgan fingerprint density at radius 1 is 1.36 bits per heavy atom. The van der Waals surface area contributed by atoms with Crippen molar-refractivity contribution >= 4 is 11.8 Å². The maximum absolute atomic E-state index is 11.2. The first-order valence-corrected chi connectivity index (χ1v) is 4.76. The van der Waals surface area contributed by atoms with Crippen LogP contribution in [-0.4, -0.2) is 24.4 Å². The summed E-state index contributed by atoms with van der Waals surface area (Å²) >= 11 is 0. The number of primary amides is 1. The third kappa shape index (κ3) is 5.53.